The molecule has 0 aliphatic heterocycles. The van der Waals surface area contributed by atoms with E-state index in [4.69, 9.17) is 16.3 Å². The van der Waals surface area contributed by atoms with Gasteiger partial charge in [-0.25, -0.2) is 0 Å². The Morgan fingerprint density at radius 2 is 2.11 bits per heavy atom. The highest BCUT2D eigenvalue weighted by Crippen LogP contribution is 2.48. The Morgan fingerprint density at radius 3 is 2.61 bits per heavy atom. The number of nitrogens with one attached hydrogen (secondary N) is 1. The van der Waals surface area contributed by atoms with E-state index in [2.05, 4.69) is 24.4 Å². The molecule has 3 heteroatoms. The van der Waals surface area contributed by atoms with Crippen molar-refractivity contribution in [2.24, 2.45) is 5.92 Å². The van der Waals surface area contributed by atoms with Gasteiger partial charge < -0.3 is 10.1 Å². The van der Waals surface area contributed by atoms with Crippen LogP contribution in [0.4, 0.5) is 0 Å². The van der Waals surface area contributed by atoms with Gasteiger partial charge in [-0.2, -0.15) is 0 Å². The lowest BCUT2D eigenvalue weighted by atomic mass is 9.57. The van der Waals surface area contributed by atoms with E-state index in [0.717, 1.165) is 30.6 Å². The highest BCUT2D eigenvalue weighted by molar-refractivity contribution is 6.30. The molecule has 2 rings (SSSR count). The normalized spacial score (nSPS) is 26.9. The SMILES string of the molecule is COCCNCC1(c2ccc(Cl)cc2)CCC1C. The van der Waals surface area contributed by atoms with Gasteiger partial charge in [-0.3, -0.25) is 0 Å². The average molecular weight is 268 g/mol. The molecule has 1 aromatic rings. The second-order valence-electron chi connectivity index (χ2n) is 5.27. The fourth-order valence-electron chi connectivity index (χ4n) is 2.84. The first-order chi connectivity index (χ1) is 8.69. The molecule has 0 radical (unpaired) electrons. The van der Waals surface area contributed by atoms with Gasteiger partial charge in [0.05, 0.1) is 6.61 Å². The van der Waals surface area contributed by atoms with E-state index in [9.17, 15) is 0 Å². The van der Waals surface area contributed by atoms with Crippen LogP contribution >= 0.6 is 11.6 Å². The van der Waals surface area contributed by atoms with E-state index < -0.39 is 0 Å². The molecular weight excluding hydrogens is 246 g/mol. The first-order valence-corrected chi connectivity index (χ1v) is 7.02. The molecule has 2 atom stereocenters. The van der Waals surface area contributed by atoms with Crippen molar-refractivity contribution in [3.63, 3.8) is 0 Å². The zero-order valence-electron chi connectivity index (χ0n) is 11.2. The molecular formula is C15H22ClNO. The summed E-state index contributed by atoms with van der Waals surface area (Å²) in [5, 5.41) is 4.33. The van der Waals surface area contributed by atoms with E-state index >= 15 is 0 Å². The summed E-state index contributed by atoms with van der Waals surface area (Å²) >= 11 is 5.97. The minimum Gasteiger partial charge on any atom is -0.383 e. The van der Waals surface area contributed by atoms with Crippen molar-refractivity contribution in [2.45, 2.75) is 25.2 Å². The molecule has 1 fully saturated rings. The molecule has 100 valence electrons. The van der Waals surface area contributed by atoms with Gasteiger partial charge in [-0.05, 0) is 36.5 Å². The topological polar surface area (TPSA) is 21.3 Å². The first-order valence-electron chi connectivity index (χ1n) is 6.65. The van der Waals surface area contributed by atoms with Gasteiger partial charge in [0.15, 0.2) is 0 Å². The van der Waals surface area contributed by atoms with Crippen LogP contribution in [0.15, 0.2) is 24.3 Å². The molecule has 0 amide bonds. The summed E-state index contributed by atoms with van der Waals surface area (Å²) in [5.41, 5.74) is 1.70. The van der Waals surface area contributed by atoms with E-state index in [-0.39, 0.29) is 0 Å². The Bertz CT molecular complexity index is 379. The minimum absolute atomic E-state index is 0.290. The van der Waals surface area contributed by atoms with Gasteiger partial charge in [0.2, 0.25) is 0 Å². The zero-order valence-corrected chi connectivity index (χ0v) is 12.0. The third kappa shape index (κ3) is 2.71. The van der Waals surface area contributed by atoms with E-state index in [1.165, 1.54) is 18.4 Å². The van der Waals surface area contributed by atoms with Crippen LogP contribution in [-0.2, 0) is 10.2 Å². The van der Waals surface area contributed by atoms with Crippen molar-refractivity contribution in [2.75, 3.05) is 26.8 Å². The Balaban J connectivity index is 2.05. The van der Waals surface area contributed by atoms with Gasteiger partial charge in [0.25, 0.3) is 0 Å². The van der Waals surface area contributed by atoms with Crippen molar-refractivity contribution in [1.82, 2.24) is 5.32 Å². The molecule has 18 heavy (non-hydrogen) atoms. The lowest BCUT2D eigenvalue weighted by Gasteiger charge is -2.49. The molecule has 2 unspecified atom stereocenters. The number of hydrogen-bond donors (Lipinski definition) is 1. The smallest absolute Gasteiger partial charge is 0.0587 e. The maximum atomic E-state index is 5.97. The number of benzene rings is 1. The largest absolute Gasteiger partial charge is 0.383 e. The average Bonchev–Trinajstić information content (AvgIpc) is 2.38. The van der Waals surface area contributed by atoms with Crippen LogP contribution in [0.1, 0.15) is 25.3 Å². The van der Waals surface area contributed by atoms with Crippen LogP contribution < -0.4 is 5.32 Å². The Labute approximate surface area is 115 Å². The van der Waals surface area contributed by atoms with Gasteiger partial charge >= 0.3 is 0 Å². The summed E-state index contributed by atoms with van der Waals surface area (Å²) in [6.07, 6.45) is 2.57. The highest BCUT2D eigenvalue weighted by atomic mass is 35.5. The first kappa shape index (κ1) is 13.9. The van der Waals surface area contributed by atoms with Crippen LogP contribution in [-0.4, -0.2) is 26.8 Å². The van der Waals surface area contributed by atoms with Crippen LogP contribution in [0, 0.1) is 5.92 Å². The summed E-state index contributed by atoms with van der Waals surface area (Å²) in [5.74, 6) is 0.730. The second-order valence-corrected chi connectivity index (χ2v) is 5.71. The summed E-state index contributed by atoms with van der Waals surface area (Å²) in [6.45, 7) is 5.05. The Hall–Kier alpha value is -0.570. The molecule has 1 aliphatic rings. The number of methoxy groups -OCH3 is 1. The number of halogens is 1. The molecule has 0 spiro atoms. The van der Waals surface area contributed by atoms with E-state index in [1.807, 2.05) is 12.1 Å². The third-order valence-electron chi connectivity index (χ3n) is 4.31. The molecule has 0 aromatic heterocycles. The zero-order chi connectivity index (χ0) is 13.0. The van der Waals surface area contributed by atoms with Crippen molar-refractivity contribution in [3.8, 4) is 0 Å². The minimum atomic E-state index is 0.290. The fourth-order valence-corrected chi connectivity index (χ4v) is 2.97. The summed E-state index contributed by atoms with van der Waals surface area (Å²) in [4.78, 5) is 0. The lowest BCUT2D eigenvalue weighted by molar-refractivity contribution is 0.127. The van der Waals surface area contributed by atoms with Gasteiger partial charge in [0.1, 0.15) is 0 Å². The van der Waals surface area contributed by atoms with Gasteiger partial charge in [0, 0.05) is 30.6 Å². The van der Waals surface area contributed by atoms with Crippen molar-refractivity contribution < 1.29 is 4.74 Å². The monoisotopic (exact) mass is 267 g/mol. The van der Waals surface area contributed by atoms with E-state index in [0.29, 0.717) is 5.41 Å². The molecule has 0 saturated heterocycles. The summed E-state index contributed by atoms with van der Waals surface area (Å²) in [7, 11) is 1.74. The number of rotatable bonds is 6. The number of ether oxygens (including phenoxy) is 1. The van der Waals surface area contributed by atoms with Crippen molar-refractivity contribution >= 4 is 11.6 Å². The van der Waals surface area contributed by atoms with Gasteiger partial charge in [-0.1, -0.05) is 30.7 Å². The Kier molecular flexibility index (Phi) is 4.66. The lowest BCUT2D eigenvalue weighted by Crippen LogP contribution is -2.50. The molecule has 1 aliphatic carbocycles. The quantitative estimate of drug-likeness (QED) is 0.799. The molecule has 0 bridgehead atoms. The highest BCUT2D eigenvalue weighted by Gasteiger charge is 2.44. The molecule has 2 nitrogen and oxygen atoms in total. The molecule has 1 aromatic carbocycles. The standard InChI is InChI=1S/C15H22ClNO/c1-12-7-8-15(12,11-17-9-10-18-2)13-3-5-14(16)6-4-13/h3-6,12,17H,7-11H2,1-2H3. The van der Waals surface area contributed by atoms with Crippen LogP contribution in [0.25, 0.3) is 0 Å². The van der Waals surface area contributed by atoms with E-state index in [1.54, 1.807) is 7.11 Å². The maximum Gasteiger partial charge on any atom is 0.0587 e. The van der Waals surface area contributed by atoms with Crippen LogP contribution in [0.3, 0.4) is 0 Å². The Morgan fingerprint density at radius 1 is 1.39 bits per heavy atom. The van der Waals surface area contributed by atoms with Gasteiger partial charge in [-0.15, -0.1) is 0 Å². The predicted octanol–water partition coefficient (Wildman–Crippen LogP) is 3.24. The van der Waals surface area contributed by atoms with Crippen molar-refractivity contribution in [1.29, 1.82) is 0 Å². The molecule has 0 heterocycles. The summed E-state index contributed by atoms with van der Waals surface area (Å²) in [6, 6.07) is 8.35. The van der Waals surface area contributed by atoms with Crippen LogP contribution in [0.2, 0.25) is 5.02 Å². The fraction of sp³-hybridized carbons (Fsp3) is 0.600. The van der Waals surface area contributed by atoms with Crippen molar-refractivity contribution in [3.05, 3.63) is 34.9 Å². The third-order valence-corrected chi connectivity index (χ3v) is 4.56. The predicted molar refractivity (Wildman–Crippen MR) is 76.3 cm³/mol. The molecule has 1 saturated carbocycles. The summed E-state index contributed by atoms with van der Waals surface area (Å²) < 4.78 is 5.08. The van der Waals surface area contributed by atoms with Crippen LogP contribution in [0.5, 0.6) is 0 Å². The second kappa shape index (κ2) is 6.05. The molecule has 1 N–H and O–H groups in total. The maximum absolute atomic E-state index is 5.97. The number of hydrogen-bond acceptors (Lipinski definition) is 2.